The molecule has 7 heteroatoms. The fourth-order valence-corrected chi connectivity index (χ4v) is 6.49. The summed E-state index contributed by atoms with van der Waals surface area (Å²) in [4.78, 5) is 15.8. The van der Waals surface area contributed by atoms with Gasteiger partial charge in [0.1, 0.15) is 0 Å². The van der Waals surface area contributed by atoms with Crippen molar-refractivity contribution in [3.8, 4) is 0 Å². The molecule has 0 atom stereocenters. The zero-order chi connectivity index (χ0) is 24.0. The molecule has 0 aromatic heterocycles. The SMILES string of the molecule is Cc1ccc(S(=O)(=O)N2CCCCCC2)cc1C(=O)NCc1ccccc1CN1CCCCC1. The van der Waals surface area contributed by atoms with E-state index in [1.165, 1.54) is 24.8 Å². The molecule has 2 saturated heterocycles. The van der Waals surface area contributed by atoms with Gasteiger partial charge in [-0.15, -0.1) is 0 Å². The summed E-state index contributed by atoms with van der Waals surface area (Å²) in [5.74, 6) is -0.238. The lowest BCUT2D eigenvalue weighted by atomic mass is 10.0. The summed E-state index contributed by atoms with van der Waals surface area (Å²) >= 11 is 0. The molecule has 1 N–H and O–H groups in total. The van der Waals surface area contributed by atoms with E-state index in [2.05, 4.69) is 22.3 Å². The van der Waals surface area contributed by atoms with Crippen LogP contribution in [0, 0.1) is 6.92 Å². The molecule has 0 saturated carbocycles. The number of piperidine rings is 1. The molecule has 2 aliphatic heterocycles. The molecule has 6 nitrogen and oxygen atoms in total. The lowest BCUT2D eigenvalue weighted by Gasteiger charge is -2.27. The molecule has 2 aromatic rings. The van der Waals surface area contributed by atoms with E-state index >= 15 is 0 Å². The third-order valence-electron chi connectivity index (χ3n) is 7.06. The van der Waals surface area contributed by atoms with Gasteiger partial charge in [-0.1, -0.05) is 49.6 Å². The van der Waals surface area contributed by atoms with Crippen molar-refractivity contribution < 1.29 is 13.2 Å². The summed E-state index contributed by atoms with van der Waals surface area (Å²) < 4.78 is 28.0. The molecule has 0 spiro atoms. The Hall–Kier alpha value is -2.22. The summed E-state index contributed by atoms with van der Waals surface area (Å²) in [6, 6.07) is 13.2. The van der Waals surface area contributed by atoms with Gasteiger partial charge in [0.25, 0.3) is 5.91 Å². The number of amides is 1. The topological polar surface area (TPSA) is 69.7 Å². The Morgan fingerprint density at radius 1 is 0.853 bits per heavy atom. The van der Waals surface area contributed by atoms with Gasteiger partial charge in [-0.3, -0.25) is 9.69 Å². The highest BCUT2D eigenvalue weighted by molar-refractivity contribution is 7.89. The van der Waals surface area contributed by atoms with Crippen LogP contribution in [0.15, 0.2) is 47.4 Å². The van der Waals surface area contributed by atoms with Gasteiger partial charge in [-0.2, -0.15) is 4.31 Å². The summed E-state index contributed by atoms with van der Waals surface area (Å²) in [5, 5.41) is 3.04. The smallest absolute Gasteiger partial charge is 0.251 e. The van der Waals surface area contributed by atoms with Crippen LogP contribution in [0.1, 0.15) is 72.0 Å². The van der Waals surface area contributed by atoms with E-state index in [0.717, 1.165) is 56.4 Å². The normalized spacial score (nSPS) is 18.4. The molecule has 0 radical (unpaired) electrons. The minimum absolute atomic E-state index is 0.204. The van der Waals surface area contributed by atoms with Crippen molar-refractivity contribution in [2.24, 2.45) is 0 Å². The van der Waals surface area contributed by atoms with Crippen molar-refractivity contribution in [3.63, 3.8) is 0 Å². The van der Waals surface area contributed by atoms with E-state index in [1.807, 2.05) is 19.1 Å². The van der Waals surface area contributed by atoms with Gasteiger partial charge in [0, 0.05) is 31.7 Å². The van der Waals surface area contributed by atoms with Crippen molar-refractivity contribution in [2.75, 3.05) is 26.2 Å². The van der Waals surface area contributed by atoms with Crippen LogP contribution in [-0.4, -0.2) is 49.7 Å². The Morgan fingerprint density at radius 2 is 1.47 bits per heavy atom. The molecule has 184 valence electrons. The largest absolute Gasteiger partial charge is 0.348 e. The van der Waals surface area contributed by atoms with Crippen LogP contribution in [0.2, 0.25) is 0 Å². The molecule has 0 unspecified atom stereocenters. The van der Waals surface area contributed by atoms with Gasteiger partial charge in [-0.25, -0.2) is 8.42 Å². The molecule has 34 heavy (non-hydrogen) atoms. The second-order valence-corrected chi connectivity index (χ2v) is 11.5. The van der Waals surface area contributed by atoms with E-state index in [4.69, 9.17) is 0 Å². The molecular weight excluding hydrogens is 446 g/mol. The van der Waals surface area contributed by atoms with Crippen molar-refractivity contribution in [1.29, 1.82) is 0 Å². The number of likely N-dealkylation sites (tertiary alicyclic amines) is 1. The number of sulfonamides is 1. The molecule has 0 bridgehead atoms. The summed E-state index contributed by atoms with van der Waals surface area (Å²) in [5.41, 5.74) is 3.53. The number of hydrogen-bond acceptors (Lipinski definition) is 4. The summed E-state index contributed by atoms with van der Waals surface area (Å²) in [7, 11) is -3.60. The fourth-order valence-electron chi connectivity index (χ4n) is 4.95. The molecule has 0 aliphatic carbocycles. The minimum Gasteiger partial charge on any atom is -0.348 e. The Kier molecular flexibility index (Phi) is 8.40. The third kappa shape index (κ3) is 6.06. The number of hydrogen-bond donors (Lipinski definition) is 1. The fraction of sp³-hybridized carbons (Fsp3) is 0.519. The molecule has 2 heterocycles. The monoisotopic (exact) mass is 483 g/mol. The van der Waals surface area contributed by atoms with Crippen LogP contribution in [-0.2, 0) is 23.1 Å². The molecule has 2 aliphatic rings. The average Bonchev–Trinajstić information content (AvgIpc) is 3.14. The standard InChI is InChI=1S/C27H37N3O3S/c1-22-13-14-25(34(32,33)30-17-9-2-3-10-18-30)19-26(22)27(31)28-20-23-11-5-6-12-24(23)21-29-15-7-4-8-16-29/h5-6,11-14,19H,2-4,7-10,15-18,20-21H2,1H3,(H,28,31). The van der Waals surface area contributed by atoms with Crippen molar-refractivity contribution in [3.05, 3.63) is 64.7 Å². The van der Waals surface area contributed by atoms with Crippen LogP contribution < -0.4 is 5.32 Å². The van der Waals surface area contributed by atoms with Crippen LogP contribution in [0.3, 0.4) is 0 Å². The number of carbonyl (C=O) groups is 1. The lowest BCUT2D eigenvalue weighted by molar-refractivity contribution is 0.0950. The van der Waals surface area contributed by atoms with E-state index in [1.54, 1.807) is 22.5 Å². The van der Waals surface area contributed by atoms with Crippen molar-refractivity contribution in [2.45, 2.75) is 69.9 Å². The first-order valence-corrected chi connectivity index (χ1v) is 14.1. The van der Waals surface area contributed by atoms with E-state index in [0.29, 0.717) is 25.2 Å². The average molecular weight is 484 g/mol. The first-order chi connectivity index (χ1) is 16.4. The Bertz CT molecular complexity index is 1090. The minimum atomic E-state index is -3.60. The third-order valence-corrected chi connectivity index (χ3v) is 8.95. The first kappa shape index (κ1) is 24.9. The summed E-state index contributed by atoms with van der Waals surface area (Å²) in [6.45, 7) is 6.51. The summed E-state index contributed by atoms with van der Waals surface area (Å²) in [6.07, 6.45) is 7.69. The van der Waals surface area contributed by atoms with Crippen LogP contribution in [0.4, 0.5) is 0 Å². The number of benzene rings is 2. The Labute approximate surface area is 204 Å². The maximum absolute atomic E-state index is 13.2. The van der Waals surface area contributed by atoms with Crippen molar-refractivity contribution in [1.82, 2.24) is 14.5 Å². The predicted octanol–water partition coefficient (Wildman–Crippen LogP) is 4.48. The quantitative estimate of drug-likeness (QED) is 0.631. The number of nitrogens with one attached hydrogen (secondary N) is 1. The predicted molar refractivity (Wildman–Crippen MR) is 135 cm³/mol. The van der Waals surface area contributed by atoms with Gasteiger partial charge < -0.3 is 5.32 Å². The van der Waals surface area contributed by atoms with Crippen LogP contribution in [0.25, 0.3) is 0 Å². The highest BCUT2D eigenvalue weighted by Gasteiger charge is 2.26. The van der Waals surface area contributed by atoms with E-state index < -0.39 is 10.0 Å². The van der Waals surface area contributed by atoms with Crippen LogP contribution >= 0.6 is 0 Å². The molecule has 2 fully saturated rings. The molecule has 1 amide bonds. The van der Waals surface area contributed by atoms with Gasteiger partial charge in [-0.05, 0) is 74.5 Å². The first-order valence-electron chi connectivity index (χ1n) is 12.6. The second-order valence-electron chi connectivity index (χ2n) is 9.58. The maximum atomic E-state index is 13.2. The van der Waals surface area contributed by atoms with E-state index in [-0.39, 0.29) is 10.8 Å². The van der Waals surface area contributed by atoms with Crippen LogP contribution in [0.5, 0.6) is 0 Å². The number of aryl methyl sites for hydroxylation is 1. The van der Waals surface area contributed by atoms with E-state index in [9.17, 15) is 13.2 Å². The highest BCUT2D eigenvalue weighted by Crippen LogP contribution is 2.23. The highest BCUT2D eigenvalue weighted by atomic mass is 32.2. The van der Waals surface area contributed by atoms with Gasteiger partial charge in [0.05, 0.1) is 4.90 Å². The Balaban J connectivity index is 1.47. The van der Waals surface area contributed by atoms with Crippen molar-refractivity contribution >= 4 is 15.9 Å². The zero-order valence-electron chi connectivity index (χ0n) is 20.3. The van der Waals surface area contributed by atoms with Gasteiger partial charge >= 0.3 is 0 Å². The zero-order valence-corrected chi connectivity index (χ0v) is 21.1. The maximum Gasteiger partial charge on any atom is 0.251 e. The number of carbonyl (C=O) groups excluding carboxylic acids is 1. The molecular formula is C27H37N3O3S. The molecule has 2 aromatic carbocycles. The molecule has 4 rings (SSSR count). The number of nitrogens with zero attached hydrogens (tertiary/aromatic N) is 2. The second kappa shape index (κ2) is 11.5. The van der Waals surface area contributed by atoms with Gasteiger partial charge in [0.2, 0.25) is 10.0 Å². The Morgan fingerprint density at radius 3 is 2.18 bits per heavy atom. The lowest BCUT2D eigenvalue weighted by Crippen LogP contribution is -2.32. The number of rotatable bonds is 7. The van der Waals surface area contributed by atoms with Gasteiger partial charge in [0.15, 0.2) is 0 Å².